The molecule has 1 unspecified atom stereocenters. The van der Waals surface area contributed by atoms with Crippen molar-refractivity contribution >= 4 is 17.8 Å². The van der Waals surface area contributed by atoms with Gasteiger partial charge >= 0.3 is 24.3 Å². The number of hydrogen-bond acceptors (Lipinski definition) is 7. The van der Waals surface area contributed by atoms with E-state index in [1.807, 2.05) is 30.6 Å². The number of hydrogen-bond donors (Lipinski definition) is 2. The summed E-state index contributed by atoms with van der Waals surface area (Å²) in [7, 11) is 1.71. The monoisotopic (exact) mass is 676 g/mol. The number of nitrogens with zero attached hydrogens (tertiary/aromatic N) is 4. The van der Waals surface area contributed by atoms with Crippen LogP contribution in [0.15, 0.2) is 48.8 Å². The van der Waals surface area contributed by atoms with Gasteiger partial charge in [-0.25, -0.2) is 9.59 Å². The Bertz CT molecular complexity index is 1330. The molecule has 4 heterocycles. The fraction of sp³-hybridized carbons (Fsp3) is 0.548. The normalized spacial score (nSPS) is 21.2. The number of amides is 1. The van der Waals surface area contributed by atoms with Crippen LogP contribution in [0.2, 0.25) is 0 Å². The van der Waals surface area contributed by atoms with E-state index in [0.717, 1.165) is 77.4 Å². The minimum absolute atomic E-state index is 0.0760. The molecule has 2 aromatic rings. The summed E-state index contributed by atoms with van der Waals surface area (Å²) < 4.78 is 68.8. The number of carbonyl (C=O) groups excluding carboxylic acids is 1. The van der Waals surface area contributed by atoms with Crippen molar-refractivity contribution in [2.24, 2.45) is 10.8 Å². The topological polar surface area (TPSA) is 124 Å². The third-order valence-electron chi connectivity index (χ3n) is 8.91. The van der Waals surface area contributed by atoms with Crippen LogP contribution in [-0.2, 0) is 27.5 Å². The van der Waals surface area contributed by atoms with Gasteiger partial charge < -0.3 is 19.8 Å². The maximum absolute atomic E-state index is 13.7. The third kappa shape index (κ3) is 9.34. The van der Waals surface area contributed by atoms with Gasteiger partial charge in [-0.15, -0.1) is 0 Å². The summed E-state index contributed by atoms with van der Waals surface area (Å²) in [6, 6.07) is 12.6. The van der Waals surface area contributed by atoms with Gasteiger partial charge in [0.2, 0.25) is 5.91 Å². The molecule has 2 N–H and O–H groups in total. The molecule has 5 rings (SSSR count). The first kappa shape index (κ1) is 37.5. The highest BCUT2D eigenvalue weighted by Gasteiger charge is 2.64. The van der Waals surface area contributed by atoms with E-state index >= 15 is 0 Å². The summed E-state index contributed by atoms with van der Waals surface area (Å²) in [5, 5.41) is 14.2. The first-order chi connectivity index (χ1) is 22.0. The van der Waals surface area contributed by atoms with Gasteiger partial charge in [0.05, 0.1) is 12.5 Å². The minimum Gasteiger partial charge on any atom is -0.497 e. The highest BCUT2D eigenvalue weighted by atomic mass is 19.4. The molecule has 1 amide bonds. The van der Waals surface area contributed by atoms with Crippen molar-refractivity contribution in [2.45, 2.75) is 51.6 Å². The fourth-order valence-corrected chi connectivity index (χ4v) is 6.59. The number of ether oxygens (including phenoxy) is 1. The zero-order valence-corrected chi connectivity index (χ0v) is 26.0. The average molecular weight is 677 g/mol. The molecule has 3 aliphatic heterocycles. The highest BCUT2D eigenvalue weighted by molar-refractivity contribution is 5.86. The van der Waals surface area contributed by atoms with Gasteiger partial charge in [0, 0.05) is 57.1 Å². The van der Waals surface area contributed by atoms with Crippen molar-refractivity contribution in [1.29, 1.82) is 0 Å². The number of aromatic nitrogens is 1. The maximum atomic E-state index is 13.7. The molecule has 1 aromatic heterocycles. The number of pyridine rings is 1. The predicted molar refractivity (Wildman–Crippen MR) is 156 cm³/mol. The van der Waals surface area contributed by atoms with Crippen LogP contribution in [-0.4, -0.2) is 106 Å². The molecule has 0 bridgehead atoms. The number of benzene rings is 1. The van der Waals surface area contributed by atoms with Gasteiger partial charge in [-0.3, -0.25) is 19.6 Å². The summed E-state index contributed by atoms with van der Waals surface area (Å²) in [4.78, 5) is 43.0. The summed E-state index contributed by atoms with van der Waals surface area (Å²) in [5.74, 6) is -4.21. The minimum atomic E-state index is -5.08. The van der Waals surface area contributed by atoms with Crippen LogP contribution >= 0.6 is 0 Å². The molecule has 3 aliphatic rings. The van der Waals surface area contributed by atoms with Gasteiger partial charge in [0.15, 0.2) is 0 Å². The summed E-state index contributed by atoms with van der Waals surface area (Å²) in [6.45, 7) is 9.69. The molecule has 2 spiro atoms. The predicted octanol–water partition coefficient (Wildman–Crippen LogP) is 4.69. The molecule has 1 atom stereocenters. The number of carbonyl (C=O) groups is 3. The molecule has 3 fully saturated rings. The molecule has 1 aromatic carbocycles. The van der Waals surface area contributed by atoms with Crippen molar-refractivity contribution in [2.75, 3.05) is 46.4 Å². The molecule has 0 aliphatic carbocycles. The molecule has 3 saturated heterocycles. The largest absolute Gasteiger partial charge is 0.497 e. The first-order valence-corrected chi connectivity index (χ1v) is 14.8. The number of halogens is 6. The van der Waals surface area contributed by atoms with Crippen molar-refractivity contribution in [1.82, 2.24) is 19.7 Å². The van der Waals surface area contributed by atoms with Gasteiger partial charge in [-0.1, -0.05) is 18.2 Å². The van der Waals surface area contributed by atoms with E-state index in [0.29, 0.717) is 5.91 Å². The van der Waals surface area contributed by atoms with Crippen molar-refractivity contribution in [3.05, 3.63) is 59.9 Å². The van der Waals surface area contributed by atoms with E-state index in [1.54, 1.807) is 7.11 Å². The van der Waals surface area contributed by atoms with Crippen LogP contribution in [0, 0.1) is 10.8 Å². The molecular weight excluding hydrogens is 638 g/mol. The smallest absolute Gasteiger partial charge is 0.490 e. The van der Waals surface area contributed by atoms with Gasteiger partial charge in [0.1, 0.15) is 5.75 Å². The van der Waals surface area contributed by atoms with Crippen LogP contribution in [0.1, 0.15) is 37.3 Å². The lowest BCUT2D eigenvalue weighted by Gasteiger charge is -2.47. The molecule has 10 nitrogen and oxygen atoms in total. The number of fused-ring (bicyclic) bond motifs is 1. The lowest BCUT2D eigenvalue weighted by atomic mass is 9.60. The quantitative estimate of drug-likeness (QED) is 0.420. The Morgan fingerprint density at radius 2 is 1.40 bits per heavy atom. The standard InChI is InChI=1S/C27H36N4O2.2C2HF3O2/c1-3-31-16-12-27(25(31)32)21-30(19-23-5-4-13-28-17-23)20-26(27)10-14-29(15-11-26)18-22-6-8-24(33-2)9-7-22;2*3-2(4,5)1(6)7/h4-9,13,17H,3,10-12,14-16,18-21H2,1-2H3;2*(H,6,7). The van der Waals surface area contributed by atoms with E-state index in [4.69, 9.17) is 24.5 Å². The van der Waals surface area contributed by atoms with E-state index in [-0.39, 0.29) is 10.8 Å². The number of methoxy groups -OCH3 is 1. The molecule has 0 radical (unpaired) electrons. The second-order valence-corrected chi connectivity index (χ2v) is 11.7. The lowest BCUT2D eigenvalue weighted by molar-refractivity contribution is -0.193. The summed E-state index contributed by atoms with van der Waals surface area (Å²) in [5.41, 5.74) is 2.41. The van der Waals surface area contributed by atoms with Crippen LogP contribution in [0.5, 0.6) is 5.75 Å². The Morgan fingerprint density at radius 1 is 0.851 bits per heavy atom. The van der Waals surface area contributed by atoms with Crippen molar-refractivity contribution in [3.63, 3.8) is 0 Å². The van der Waals surface area contributed by atoms with Gasteiger partial charge in [-0.05, 0) is 68.6 Å². The third-order valence-corrected chi connectivity index (χ3v) is 8.91. The second kappa shape index (κ2) is 15.3. The molecule has 16 heteroatoms. The Morgan fingerprint density at radius 3 is 1.85 bits per heavy atom. The number of rotatable bonds is 6. The Kier molecular flexibility index (Phi) is 12.2. The number of carboxylic acid groups (broad SMARTS) is 2. The van der Waals surface area contributed by atoms with Gasteiger partial charge in [0.25, 0.3) is 0 Å². The number of piperidine rings is 1. The first-order valence-electron chi connectivity index (χ1n) is 14.8. The maximum Gasteiger partial charge on any atom is 0.490 e. The lowest BCUT2D eigenvalue weighted by Crippen LogP contribution is -2.52. The van der Waals surface area contributed by atoms with Gasteiger partial charge in [-0.2, -0.15) is 26.3 Å². The van der Waals surface area contributed by atoms with E-state index in [9.17, 15) is 31.1 Å². The van der Waals surface area contributed by atoms with Crippen molar-refractivity contribution < 1.29 is 55.7 Å². The highest BCUT2D eigenvalue weighted by Crippen LogP contribution is 2.58. The van der Waals surface area contributed by atoms with Crippen molar-refractivity contribution in [3.8, 4) is 5.75 Å². The Hall–Kier alpha value is -3.92. The number of aliphatic carboxylic acids is 2. The molecule has 260 valence electrons. The summed E-state index contributed by atoms with van der Waals surface area (Å²) in [6.07, 6.45) is -3.19. The Labute approximate surface area is 267 Å². The van der Waals surface area contributed by atoms with E-state index in [2.05, 4.69) is 44.8 Å². The molecule has 0 saturated carbocycles. The zero-order chi connectivity index (χ0) is 35.0. The second-order valence-electron chi connectivity index (χ2n) is 11.7. The van der Waals surface area contributed by atoms with Crippen LogP contribution in [0.3, 0.4) is 0 Å². The number of alkyl halides is 6. The Balaban J connectivity index is 0.000000360. The molecular formula is C31H38F6N4O6. The number of carboxylic acids is 2. The molecule has 47 heavy (non-hydrogen) atoms. The van der Waals surface area contributed by atoms with E-state index < -0.39 is 24.3 Å². The van der Waals surface area contributed by atoms with Crippen LogP contribution in [0.25, 0.3) is 0 Å². The van der Waals surface area contributed by atoms with E-state index in [1.165, 1.54) is 11.1 Å². The zero-order valence-electron chi connectivity index (χ0n) is 26.0. The SMILES string of the molecule is CCN1CCC2(CN(Cc3cccnc3)CC23CCN(Cc2ccc(OC)cc2)CC3)C1=O.O=C(O)C(F)(F)F.O=C(O)C(F)(F)F. The average Bonchev–Trinajstić information content (AvgIpc) is 3.50. The number of likely N-dealkylation sites (tertiary alicyclic amines) is 3. The summed E-state index contributed by atoms with van der Waals surface area (Å²) >= 11 is 0. The fourth-order valence-electron chi connectivity index (χ4n) is 6.59. The van der Waals surface area contributed by atoms with Crippen LogP contribution < -0.4 is 4.74 Å². The van der Waals surface area contributed by atoms with Crippen LogP contribution in [0.4, 0.5) is 26.3 Å².